The molecule has 0 bridgehead atoms. The van der Waals surface area contributed by atoms with Gasteiger partial charge in [0.25, 0.3) is 0 Å². The molecule has 0 saturated heterocycles. The second-order valence-electron chi connectivity index (χ2n) is 5.44. The van der Waals surface area contributed by atoms with Gasteiger partial charge < -0.3 is 5.32 Å². The predicted molar refractivity (Wildman–Crippen MR) is 84.1 cm³/mol. The Morgan fingerprint density at radius 3 is 2.43 bits per heavy atom. The topological polar surface area (TPSA) is 29.1 Å². The molecule has 1 aromatic carbocycles. The van der Waals surface area contributed by atoms with Gasteiger partial charge in [0, 0.05) is 5.56 Å². The van der Waals surface area contributed by atoms with E-state index in [9.17, 15) is 18.0 Å². The lowest BCUT2D eigenvalue weighted by atomic mass is 10.1. The van der Waals surface area contributed by atoms with Crippen molar-refractivity contribution in [3.05, 3.63) is 29.3 Å². The Morgan fingerprint density at radius 1 is 1.33 bits per heavy atom. The summed E-state index contributed by atoms with van der Waals surface area (Å²) in [5.74, 6) is 2.44. The van der Waals surface area contributed by atoms with Crippen LogP contribution in [0.25, 0.3) is 0 Å². The highest BCUT2D eigenvalue weighted by Crippen LogP contribution is 2.31. The fraction of sp³-hybridized carbons (Fsp3) is 0.357. The lowest BCUT2D eigenvalue weighted by Gasteiger charge is -2.11. The van der Waals surface area contributed by atoms with Crippen LogP contribution in [0.4, 0.5) is 18.9 Å². The molecule has 7 heteroatoms. The number of hydrogen-bond donors (Lipinski definition) is 1. The first-order valence-corrected chi connectivity index (χ1v) is 10.8. The van der Waals surface area contributed by atoms with Crippen molar-refractivity contribution in [2.75, 3.05) is 10.6 Å². The Labute approximate surface area is 131 Å². The van der Waals surface area contributed by atoms with Gasteiger partial charge >= 0.3 is 6.18 Å². The highest BCUT2D eigenvalue weighted by molar-refractivity contribution is 9.09. The van der Waals surface area contributed by atoms with Crippen molar-refractivity contribution in [1.29, 1.82) is 0 Å². The van der Waals surface area contributed by atoms with E-state index in [0.717, 1.165) is 12.1 Å². The Hall–Kier alpha value is -1.26. The van der Waals surface area contributed by atoms with E-state index in [2.05, 4.69) is 32.7 Å². The molecule has 0 aliphatic carbocycles. The van der Waals surface area contributed by atoms with Crippen LogP contribution in [-0.4, -0.2) is 19.3 Å². The van der Waals surface area contributed by atoms with Gasteiger partial charge in [0.05, 0.1) is 16.6 Å². The number of halogens is 4. The molecule has 0 aromatic heterocycles. The molecule has 21 heavy (non-hydrogen) atoms. The normalized spacial score (nSPS) is 11.6. The van der Waals surface area contributed by atoms with E-state index >= 15 is 0 Å². The lowest BCUT2D eigenvalue weighted by molar-refractivity contribution is -0.137. The molecule has 114 valence electrons. The van der Waals surface area contributed by atoms with Gasteiger partial charge in [-0.2, -0.15) is 13.2 Å². The number of carbonyl (C=O) groups excluding carboxylic acids is 1. The van der Waals surface area contributed by atoms with Crippen LogP contribution in [0.15, 0.2) is 18.2 Å². The molecule has 0 spiro atoms. The van der Waals surface area contributed by atoms with Crippen LogP contribution in [0.3, 0.4) is 0 Å². The van der Waals surface area contributed by atoms with E-state index in [1.165, 1.54) is 6.07 Å². The minimum absolute atomic E-state index is 0.0644. The molecule has 0 unspecified atom stereocenters. The van der Waals surface area contributed by atoms with Gasteiger partial charge in [-0.1, -0.05) is 41.5 Å². The van der Waals surface area contributed by atoms with Crippen LogP contribution in [-0.2, 0) is 11.0 Å². The van der Waals surface area contributed by atoms with E-state index < -0.39 is 19.8 Å². The van der Waals surface area contributed by atoms with Crippen molar-refractivity contribution in [2.45, 2.75) is 25.8 Å². The molecule has 0 saturated carbocycles. The van der Waals surface area contributed by atoms with Crippen molar-refractivity contribution in [3.8, 4) is 11.5 Å². The number of amides is 1. The first-order valence-electron chi connectivity index (χ1n) is 6.13. The second kappa shape index (κ2) is 6.67. The summed E-state index contributed by atoms with van der Waals surface area (Å²) in [6, 6.07) is 3.14. The highest BCUT2D eigenvalue weighted by Gasteiger charge is 2.31. The molecule has 1 rings (SSSR count). The maximum Gasteiger partial charge on any atom is 0.416 e. The fourth-order valence-corrected chi connectivity index (χ4v) is 2.02. The first-order chi connectivity index (χ1) is 9.53. The van der Waals surface area contributed by atoms with Crippen LogP contribution >= 0.6 is 15.9 Å². The molecular weight excluding hydrogens is 363 g/mol. The number of benzene rings is 1. The van der Waals surface area contributed by atoms with Crippen LogP contribution in [0.5, 0.6) is 0 Å². The molecule has 0 atom stereocenters. The third kappa shape index (κ3) is 5.94. The van der Waals surface area contributed by atoms with Crippen LogP contribution in [0.2, 0.25) is 19.6 Å². The Balaban J connectivity index is 3.30. The average Bonchev–Trinajstić information content (AvgIpc) is 2.35. The number of hydrogen-bond acceptors (Lipinski definition) is 1. The zero-order valence-corrected chi connectivity index (χ0v) is 14.4. The quantitative estimate of drug-likeness (QED) is 0.465. The van der Waals surface area contributed by atoms with Crippen LogP contribution < -0.4 is 5.32 Å². The number of alkyl halides is 4. The van der Waals surface area contributed by atoms with Crippen LogP contribution in [0, 0.1) is 11.5 Å². The third-order valence-electron chi connectivity index (χ3n) is 2.31. The molecule has 0 aliphatic heterocycles. The van der Waals surface area contributed by atoms with E-state index in [0.29, 0.717) is 5.69 Å². The minimum Gasteiger partial charge on any atom is -0.324 e. The van der Waals surface area contributed by atoms with Crippen molar-refractivity contribution in [3.63, 3.8) is 0 Å². The summed E-state index contributed by atoms with van der Waals surface area (Å²) in [5.41, 5.74) is 2.70. The molecule has 2 nitrogen and oxygen atoms in total. The standard InChI is InChI=1S/C14H15BrF3NOSi/c1-21(2,3)7-6-10-8-11(14(16,17)18)4-5-12(10)19-13(20)9-15/h4-5,8H,9H2,1-3H3,(H,19,20). The summed E-state index contributed by atoms with van der Waals surface area (Å²) < 4.78 is 38.3. The molecule has 0 fully saturated rings. The molecular formula is C14H15BrF3NOSi. The predicted octanol–water partition coefficient (Wildman–Crippen LogP) is 4.27. The SMILES string of the molecule is C[Si](C)(C)C#Cc1cc(C(F)(F)F)ccc1NC(=O)CBr. The van der Waals surface area contributed by atoms with Crippen molar-refractivity contribution < 1.29 is 18.0 Å². The van der Waals surface area contributed by atoms with Crippen molar-refractivity contribution in [1.82, 2.24) is 0 Å². The van der Waals surface area contributed by atoms with Gasteiger partial charge in [0.15, 0.2) is 0 Å². The first kappa shape index (κ1) is 17.8. The monoisotopic (exact) mass is 377 g/mol. The minimum atomic E-state index is -4.44. The summed E-state index contributed by atoms with van der Waals surface area (Å²) >= 11 is 2.99. The van der Waals surface area contributed by atoms with E-state index in [1.807, 2.05) is 19.6 Å². The summed E-state index contributed by atoms with van der Waals surface area (Å²) in [5, 5.41) is 2.60. The van der Waals surface area contributed by atoms with Gasteiger partial charge in [-0.05, 0) is 18.2 Å². The highest BCUT2D eigenvalue weighted by atomic mass is 79.9. The summed E-state index contributed by atoms with van der Waals surface area (Å²) in [7, 11) is -1.74. The third-order valence-corrected chi connectivity index (χ3v) is 3.70. The van der Waals surface area contributed by atoms with Gasteiger partial charge in [-0.3, -0.25) is 4.79 Å². The molecule has 0 heterocycles. The van der Waals surface area contributed by atoms with Crippen LogP contribution in [0.1, 0.15) is 11.1 Å². The maximum absolute atomic E-state index is 12.8. The lowest BCUT2D eigenvalue weighted by Crippen LogP contribution is -2.17. The zero-order valence-electron chi connectivity index (χ0n) is 11.9. The van der Waals surface area contributed by atoms with Gasteiger partial charge in [-0.25, -0.2) is 0 Å². The Bertz CT molecular complexity index is 597. The van der Waals surface area contributed by atoms with Gasteiger partial charge in [0.2, 0.25) is 5.91 Å². The van der Waals surface area contributed by atoms with E-state index in [4.69, 9.17) is 0 Å². The molecule has 1 N–H and O–H groups in total. The number of nitrogens with one attached hydrogen (secondary N) is 1. The zero-order chi connectivity index (χ0) is 16.3. The Morgan fingerprint density at radius 2 is 1.95 bits per heavy atom. The fourth-order valence-electron chi connectivity index (χ4n) is 1.37. The maximum atomic E-state index is 12.8. The molecule has 1 amide bonds. The summed E-state index contributed by atoms with van der Waals surface area (Å²) in [6.07, 6.45) is -4.44. The number of carbonyl (C=O) groups is 1. The van der Waals surface area contributed by atoms with Crippen molar-refractivity contribution in [2.24, 2.45) is 0 Å². The van der Waals surface area contributed by atoms with Crippen molar-refractivity contribution >= 4 is 35.6 Å². The summed E-state index contributed by atoms with van der Waals surface area (Å²) in [6.45, 7) is 5.97. The number of anilines is 1. The smallest absolute Gasteiger partial charge is 0.324 e. The van der Waals surface area contributed by atoms with E-state index in [1.54, 1.807) is 0 Å². The Kier molecular flexibility index (Phi) is 5.65. The number of rotatable bonds is 2. The molecule has 1 aromatic rings. The second-order valence-corrected chi connectivity index (χ2v) is 10.8. The largest absolute Gasteiger partial charge is 0.416 e. The molecule has 0 radical (unpaired) electrons. The van der Waals surface area contributed by atoms with Gasteiger partial charge in [0.1, 0.15) is 8.07 Å². The molecule has 0 aliphatic rings. The van der Waals surface area contributed by atoms with Gasteiger partial charge in [-0.15, -0.1) is 5.54 Å². The summed E-state index contributed by atoms with van der Waals surface area (Å²) in [4.78, 5) is 11.4. The average molecular weight is 378 g/mol. The van der Waals surface area contributed by atoms with E-state index in [-0.39, 0.29) is 16.8 Å².